The first-order valence-electron chi connectivity index (χ1n) is 7.85. The predicted molar refractivity (Wildman–Crippen MR) is 83.7 cm³/mol. The highest BCUT2D eigenvalue weighted by molar-refractivity contribution is 6.04. The SMILES string of the molecule is CC(=O)c1ccccc1NC(=O)[C@H](C)[NH+]1CCCCCC1. The van der Waals surface area contributed by atoms with Crippen LogP contribution in [0.25, 0.3) is 0 Å². The summed E-state index contributed by atoms with van der Waals surface area (Å²) in [6.45, 7) is 5.62. The Labute approximate surface area is 126 Å². The molecule has 1 aliphatic heterocycles. The molecule has 1 saturated heterocycles. The Morgan fingerprint density at radius 2 is 1.71 bits per heavy atom. The summed E-state index contributed by atoms with van der Waals surface area (Å²) in [6.07, 6.45) is 4.92. The summed E-state index contributed by atoms with van der Waals surface area (Å²) in [5.41, 5.74) is 1.19. The van der Waals surface area contributed by atoms with Gasteiger partial charge >= 0.3 is 0 Å². The fourth-order valence-electron chi connectivity index (χ4n) is 2.94. The van der Waals surface area contributed by atoms with Crippen molar-refractivity contribution in [2.75, 3.05) is 18.4 Å². The molecule has 1 aliphatic rings. The molecule has 0 saturated carbocycles. The monoisotopic (exact) mass is 289 g/mol. The highest BCUT2D eigenvalue weighted by Gasteiger charge is 2.26. The summed E-state index contributed by atoms with van der Waals surface area (Å²) < 4.78 is 0. The van der Waals surface area contributed by atoms with Crippen LogP contribution in [-0.4, -0.2) is 30.8 Å². The molecule has 0 unspecified atom stereocenters. The third-order valence-corrected chi connectivity index (χ3v) is 4.32. The minimum absolute atomic E-state index is 0.000556. The number of hydrogen-bond donors (Lipinski definition) is 2. The number of amides is 1. The summed E-state index contributed by atoms with van der Waals surface area (Å²) >= 11 is 0. The molecule has 4 nitrogen and oxygen atoms in total. The number of ketones is 1. The van der Waals surface area contributed by atoms with Gasteiger partial charge in [-0.25, -0.2) is 0 Å². The maximum absolute atomic E-state index is 12.5. The van der Waals surface area contributed by atoms with Crippen LogP contribution < -0.4 is 10.2 Å². The van der Waals surface area contributed by atoms with E-state index in [1.807, 2.05) is 19.1 Å². The van der Waals surface area contributed by atoms with Gasteiger partial charge in [-0.3, -0.25) is 9.59 Å². The van der Waals surface area contributed by atoms with Crippen LogP contribution in [0.4, 0.5) is 5.69 Å². The number of carbonyl (C=O) groups excluding carboxylic acids is 2. The van der Waals surface area contributed by atoms with Crippen LogP contribution in [0, 0.1) is 0 Å². The van der Waals surface area contributed by atoms with E-state index < -0.39 is 0 Å². The second kappa shape index (κ2) is 7.36. The Hall–Kier alpha value is -1.68. The molecule has 4 heteroatoms. The maximum Gasteiger partial charge on any atom is 0.282 e. The van der Waals surface area contributed by atoms with Crippen molar-refractivity contribution in [1.29, 1.82) is 0 Å². The van der Waals surface area contributed by atoms with E-state index in [-0.39, 0.29) is 17.7 Å². The number of hydrogen-bond acceptors (Lipinski definition) is 2. The van der Waals surface area contributed by atoms with Crippen LogP contribution in [0.3, 0.4) is 0 Å². The van der Waals surface area contributed by atoms with Crippen molar-refractivity contribution in [3.05, 3.63) is 29.8 Å². The molecule has 1 atom stereocenters. The molecule has 0 aliphatic carbocycles. The average molecular weight is 289 g/mol. The van der Waals surface area contributed by atoms with E-state index in [0.717, 1.165) is 13.1 Å². The van der Waals surface area contributed by atoms with Crippen molar-refractivity contribution in [2.45, 2.75) is 45.6 Å². The van der Waals surface area contributed by atoms with Gasteiger partial charge in [0.25, 0.3) is 5.91 Å². The summed E-state index contributed by atoms with van der Waals surface area (Å²) in [5, 5.41) is 2.93. The normalized spacial score (nSPS) is 17.8. The smallest absolute Gasteiger partial charge is 0.282 e. The van der Waals surface area contributed by atoms with Crippen LogP contribution in [0.5, 0.6) is 0 Å². The number of nitrogens with one attached hydrogen (secondary N) is 2. The largest absolute Gasteiger partial charge is 0.325 e. The van der Waals surface area contributed by atoms with E-state index in [0.29, 0.717) is 11.3 Å². The lowest BCUT2D eigenvalue weighted by molar-refractivity contribution is -0.913. The van der Waals surface area contributed by atoms with E-state index in [9.17, 15) is 9.59 Å². The molecule has 114 valence electrons. The van der Waals surface area contributed by atoms with E-state index in [2.05, 4.69) is 5.32 Å². The van der Waals surface area contributed by atoms with Gasteiger partial charge in [0.15, 0.2) is 11.8 Å². The third kappa shape index (κ3) is 4.14. The van der Waals surface area contributed by atoms with E-state index >= 15 is 0 Å². The van der Waals surface area contributed by atoms with E-state index in [4.69, 9.17) is 0 Å². The van der Waals surface area contributed by atoms with Crippen molar-refractivity contribution in [3.8, 4) is 0 Å². The van der Waals surface area contributed by atoms with Gasteiger partial charge in [0.2, 0.25) is 0 Å². The van der Waals surface area contributed by atoms with Gasteiger partial charge < -0.3 is 10.2 Å². The van der Waals surface area contributed by atoms with E-state index in [1.165, 1.54) is 37.5 Å². The summed E-state index contributed by atoms with van der Waals surface area (Å²) in [5.74, 6) is -0.0266. The molecule has 0 radical (unpaired) electrons. The number of benzene rings is 1. The summed E-state index contributed by atoms with van der Waals surface area (Å²) in [6, 6.07) is 7.12. The summed E-state index contributed by atoms with van der Waals surface area (Å²) in [7, 11) is 0. The molecule has 1 amide bonds. The van der Waals surface area contributed by atoms with Crippen LogP contribution in [0.15, 0.2) is 24.3 Å². The second-order valence-corrected chi connectivity index (χ2v) is 5.89. The molecule has 0 aromatic heterocycles. The van der Waals surface area contributed by atoms with E-state index in [1.54, 1.807) is 12.1 Å². The number of rotatable bonds is 4. The molecule has 1 aromatic carbocycles. The lowest BCUT2D eigenvalue weighted by Gasteiger charge is -2.24. The number of anilines is 1. The van der Waals surface area contributed by atoms with Crippen molar-refractivity contribution < 1.29 is 14.5 Å². The molecule has 1 fully saturated rings. The number of carbonyl (C=O) groups is 2. The first kappa shape index (κ1) is 15.7. The summed E-state index contributed by atoms with van der Waals surface area (Å²) in [4.78, 5) is 25.4. The van der Waals surface area contributed by atoms with Crippen molar-refractivity contribution in [3.63, 3.8) is 0 Å². The fourth-order valence-corrected chi connectivity index (χ4v) is 2.94. The van der Waals surface area contributed by atoms with Crippen LogP contribution >= 0.6 is 0 Å². The minimum Gasteiger partial charge on any atom is -0.325 e. The second-order valence-electron chi connectivity index (χ2n) is 5.89. The van der Waals surface area contributed by atoms with Crippen LogP contribution in [-0.2, 0) is 4.79 Å². The molecular formula is C17H25N2O2+. The average Bonchev–Trinajstić information content (AvgIpc) is 2.75. The molecule has 1 heterocycles. The molecule has 1 aromatic rings. The zero-order chi connectivity index (χ0) is 15.2. The molecule has 2 N–H and O–H groups in total. The molecule has 0 spiro atoms. The molecule has 0 bridgehead atoms. The molecular weight excluding hydrogens is 264 g/mol. The quantitative estimate of drug-likeness (QED) is 0.829. The molecule has 21 heavy (non-hydrogen) atoms. The zero-order valence-electron chi connectivity index (χ0n) is 12.9. The topological polar surface area (TPSA) is 50.6 Å². The van der Waals surface area contributed by atoms with Crippen molar-refractivity contribution in [1.82, 2.24) is 0 Å². The first-order chi connectivity index (χ1) is 10.1. The Balaban J connectivity index is 2.05. The van der Waals surface area contributed by atoms with Gasteiger partial charge in [0.1, 0.15) is 0 Å². The Morgan fingerprint density at radius 1 is 1.10 bits per heavy atom. The fraction of sp³-hybridized carbons (Fsp3) is 0.529. The minimum atomic E-state index is -0.0804. The zero-order valence-corrected chi connectivity index (χ0v) is 12.9. The highest BCUT2D eigenvalue weighted by Crippen LogP contribution is 2.15. The van der Waals surface area contributed by atoms with Gasteiger partial charge in [-0.05, 0) is 51.7 Å². The standard InChI is InChI=1S/C17H24N2O2/c1-13(19-11-7-3-4-8-12-19)17(21)18-16-10-6-5-9-15(16)14(2)20/h5-6,9-10,13H,3-4,7-8,11-12H2,1-2H3,(H,18,21)/p+1/t13-/m0/s1. The molecule has 2 rings (SSSR count). The van der Waals surface area contributed by atoms with Crippen LogP contribution in [0.2, 0.25) is 0 Å². The Kier molecular flexibility index (Phi) is 5.51. The van der Waals surface area contributed by atoms with Crippen molar-refractivity contribution in [2.24, 2.45) is 0 Å². The van der Waals surface area contributed by atoms with Crippen LogP contribution in [0.1, 0.15) is 49.9 Å². The number of para-hydroxylation sites is 1. The van der Waals surface area contributed by atoms with Gasteiger partial charge in [-0.15, -0.1) is 0 Å². The lowest BCUT2D eigenvalue weighted by atomic mass is 10.1. The van der Waals surface area contributed by atoms with Gasteiger partial charge in [-0.2, -0.15) is 0 Å². The predicted octanol–water partition coefficient (Wildman–Crippen LogP) is 1.68. The Morgan fingerprint density at radius 3 is 2.33 bits per heavy atom. The van der Waals surface area contributed by atoms with Gasteiger partial charge in [0.05, 0.1) is 18.8 Å². The lowest BCUT2D eigenvalue weighted by Crippen LogP contribution is -3.16. The highest BCUT2D eigenvalue weighted by atomic mass is 16.2. The maximum atomic E-state index is 12.5. The first-order valence-corrected chi connectivity index (χ1v) is 7.85. The number of quaternary nitrogens is 1. The number of likely N-dealkylation sites (tertiary alicyclic amines) is 1. The Bertz CT molecular complexity index is 505. The third-order valence-electron chi connectivity index (χ3n) is 4.32. The van der Waals surface area contributed by atoms with Crippen molar-refractivity contribution >= 4 is 17.4 Å². The van der Waals surface area contributed by atoms with Gasteiger partial charge in [0, 0.05) is 5.56 Å². The number of Topliss-reactive ketones (excluding diaryl/α,β-unsaturated/α-hetero) is 1. The van der Waals surface area contributed by atoms with Gasteiger partial charge in [-0.1, -0.05) is 12.1 Å².